The summed E-state index contributed by atoms with van der Waals surface area (Å²) in [5.74, 6) is 0.823. The Kier molecular flexibility index (Phi) is 5.95. The summed E-state index contributed by atoms with van der Waals surface area (Å²) in [4.78, 5) is 0. The second kappa shape index (κ2) is 8.08. The Bertz CT molecular complexity index is 817. The number of halogens is 1. The molecule has 0 aliphatic heterocycles. The second-order valence-electron chi connectivity index (χ2n) is 9.35. The molecule has 1 atom stereocenters. The highest BCUT2D eigenvalue weighted by Gasteiger charge is 2.43. The zero-order valence-corrected chi connectivity index (χ0v) is 17.3. The minimum absolute atomic E-state index is 0.00924. The van der Waals surface area contributed by atoms with Crippen LogP contribution in [-0.2, 0) is 0 Å². The van der Waals surface area contributed by atoms with Crippen LogP contribution >= 0.6 is 0 Å². The molecule has 2 aromatic rings. The third-order valence-electron chi connectivity index (χ3n) is 5.56. The Morgan fingerprint density at radius 1 is 1.04 bits per heavy atom. The van der Waals surface area contributed by atoms with E-state index in [2.05, 4.69) is 45.9 Å². The van der Waals surface area contributed by atoms with Gasteiger partial charge in [0.05, 0.1) is 6.61 Å². The average Bonchev–Trinajstić information content (AvgIpc) is 2.60. The highest BCUT2D eigenvalue weighted by atomic mass is 19.1. The molecule has 0 saturated heterocycles. The predicted molar refractivity (Wildman–Crippen MR) is 113 cm³/mol. The third kappa shape index (κ3) is 4.82. The molecule has 0 spiro atoms. The van der Waals surface area contributed by atoms with E-state index in [4.69, 9.17) is 9.84 Å². The summed E-state index contributed by atoms with van der Waals surface area (Å²) in [5.41, 5.74) is 3.99. The van der Waals surface area contributed by atoms with E-state index in [0.29, 0.717) is 6.61 Å². The van der Waals surface area contributed by atoms with Crippen LogP contribution in [0.3, 0.4) is 0 Å². The van der Waals surface area contributed by atoms with Crippen LogP contribution in [0, 0.1) is 16.6 Å². The number of rotatable bonds is 5. The molecule has 28 heavy (non-hydrogen) atoms. The van der Waals surface area contributed by atoms with E-state index in [1.165, 1.54) is 11.1 Å². The summed E-state index contributed by atoms with van der Waals surface area (Å²) < 4.78 is 19.0. The van der Waals surface area contributed by atoms with Crippen LogP contribution in [0.15, 0.2) is 54.1 Å². The summed E-state index contributed by atoms with van der Waals surface area (Å²) in [7, 11) is 0. The molecule has 1 aliphatic rings. The normalized spacial score (nSPS) is 22.2. The van der Waals surface area contributed by atoms with Gasteiger partial charge < -0.3 is 9.84 Å². The van der Waals surface area contributed by atoms with Gasteiger partial charge in [0.1, 0.15) is 18.2 Å². The van der Waals surface area contributed by atoms with Crippen LogP contribution in [0.2, 0.25) is 0 Å². The number of aliphatic hydroxyl groups is 1. The summed E-state index contributed by atoms with van der Waals surface area (Å²) in [6, 6.07) is 15.0. The van der Waals surface area contributed by atoms with Crippen molar-refractivity contribution in [3.63, 3.8) is 0 Å². The van der Waals surface area contributed by atoms with Crippen LogP contribution in [0.1, 0.15) is 57.6 Å². The van der Waals surface area contributed by atoms with E-state index in [1.807, 2.05) is 24.3 Å². The first-order valence-electron chi connectivity index (χ1n) is 10.00. The Labute approximate surface area is 168 Å². The van der Waals surface area contributed by atoms with Crippen LogP contribution < -0.4 is 4.74 Å². The van der Waals surface area contributed by atoms with Crippen LogP contribution in [0.25, 0.3) is 6.08 Å². The van der Waals surface area contributed by atoms with E-state index < -0.39 is 0 Å². The smallest absolute Gasteiger partial charge is 0.123 e. The fourth-order valence-electron chi connectivity index (χ4n) is 5.05. The fourth-order valence-corrected chi connectivity index (χ4v) is 5.05. The first-order chi connectivity index (χ1) is 13.2. The van der Waals surface area contributed by atoms with Crippen molar-refractivity contribution in [3.05, 3.63) is 71.0 Å². The Morgan fingerprint density at radius 3 is 2.29 bits per heavy atom. The van der Waals surface area contributed by atoms with E-state index in [-0.39, 0.29) is 29.2 Å². The van der Waals surface area contributed by atoms with Crippen molar-refractivity contribution < 1.29 is 14.2 Å². The summed E-state index contributed by atoms with van der Waals surface area (Å²) in [5, 5.41) is 8.89. The van der Waals surface area contributed by atoms with E-state index >= 15 is 0 Å². The minimum Gasteiger partial charge on any atom is -0.491 e. The Morgan fingerprint density at radius 2 is 1.68 bits per heavy atom. The summed E-state index contributed by atoms with van der Waals surface area (Å²) >= 11 is 0. The van der Waals surface area contributed by atoms with Crippen LogP contribution in [-0.4, -0.2) is 18.3 Å². The highest BCUT2D eigenvalue weighted by Crippen LogP contribution is 2.56. The molecular formula is C25H31FO2. The van der Waals surface area contributed by atoms with Gasteiger partial charge in [-0.05, 0) is 59.1 Å². The van der Waals surface area contributed by atoms with Crippen molar-refractivity contribution in [1.82, 2.24) is 0 Å². The Hall–Kier alpha value is -2.13. The molecule has 1 fully saturated rings. The quantitative estimate of drug-likeness (QED) is 0.666. The lowest BCUT2D eigenvalue weighted by atomic mass is 9.56. The lowest BCUT2D eigenvalue weighted by Crippen LogP contribution is -2.36. The number of benzene rings is 2. The fraction of sp³-hybridized carbons (Fsp3) is 0.440. The molecule has 1 unspecified atom stereocenters. The molecule has 150 valence electrons. The summed E-state index contributed by atoms with van der Waals surface area (Å²) in [6.07, 6.45) is 4.42. The number of ether oxygens (including phenoxy) is 1. The maximum Gasteiger partial charge on any atom is 0.123 e. The van der Waals surface area contributed by atoms with Gasteiger partial charge in [0, 0.05) is 5.92 Å². The number of hydrogen-bond acceptors (Lipinski definition) is 2. The zero-order valence-electron chi connectivity index (χ0n) is 17.3. The van der Waals surface area contributed by atoms with E-state index in [9.17, 15) is 4.39 Å². The van der Waals surface area contributed by atoms with Gasteiger partial charge in [-0.15, -0.1) is 0 Å². The average molecular weight is 383 g/mol. The zero-order chi connectivity index (χ0) is 20.4. The van der Waals surface area contributed by atoms with Crippen molar-refractivity contribution in [1.29, 1.82) is 0 Å². The minimum atomic E-state index is -0.193. The third-order valence-corrected chi connectivity index (χ3v) is 5.56. The molecule has 0 heterocycles. The van der Waals surface area contributed by atoms with Gasteiger partial charge in [0.25, 0.3) is 0 Å². The maximum absolute atomic E-state index is 13.5. The molecule has 2 nitrogen and oxygen atoms in total. The molecule has 1 saturated carbocycles. The first-order valence-corrected chi connectivity index (χ1v) is 10.00. The monoisotopic (exact) mass is 382 g/mol. The van der Waals surface area contributed by atoms with Gasteiger partial charge in [0.2, 0.25) is 0 Å². The van der Waals surface area contributed by atoms with Gasteiger partial charge in [-0.25, -0.2) is 4.39 Å². The van der Waals surface area contributed by atoms with E-state index in [0.717, 1.165) is 24.2 Å². The largest absolute Gasteiger partial charge is 0.491 e. The molecule has 0 bridgehead atoms. The molecule has 0 amide bonds. The van der Waals surface area contributed by atoms with Gasteiger partial charge >= 0.3 is 0 Å². The van der Waals surface area contributed by atoms with Gasteiger partial charge in [-0.1, -0.05) is 63.6 Å². The summed E-state index contributed by atoms with van der Waals surface area (Å²) in [6.45, 7) is 9.61. The van der Waals surface area contributed by atoms with Crippen molar-refractivity contribution in [2.75, 3.05) is 13.2 Å². The lowest BCUT2D eigenvalue weighted by molar-refractivity contribution is 0.131. The lowest BCUT2D eigenvalue weighted by Gasteiger charge is -2.48. The van der Waals surface area contributed by atoms with Crippen molar-refractivity contribution in [2.24, 2.45) is 10.8 Å². The first kappa shape index (κ1) is 20.6. The molecule has 1 aliphatic carbocycles. The maximum atomic E-state index is 13.5. The number of aliphatic hydroxyl groups excluding tert-OH is 1. The van der Waals surface area contributed by atoms with Crippen LogP contribution in [0.5, 0.6) is 5.75 Å². The molecule has 3 rings (SSSR count). The number of allylic oxidation sites excluding steroid dienone is 1. The molecule has 2 aromatic carbocycles. The number of hydrogen-bond donors (Lipinski definition) is 1. The van der Waals surface area contributed by atoms with Crippen LogP contribution in [0.4, 0.5) is 4.39 Å². The molecule has 0 radical (unpaired) electrons. The molecule has 3 heteroatoms. The second-order valence-corrected chi connectivity index (χ2v) is 9.35. The van der Waals surface area contributed by atoms with Crippen molar-refractivity contribution in [3.8, 4) is 5.75 Å². The predicted octanol–water partition coefficient (Wildman–Crippen LogP) is 6.21. The molecular weight excluding hydrogens is 351 g/mol. The standard InChI is InChI=1S/C25H31FO2/c1-24(2)16-20(15-18-5-11-22(12-6-18)28-14-13-27)23(25(3,4)17-24)19-7-9-21(26)10-8-19/h5-12,15,23,27H,13-14,16-17H2,1-4H3. The van der Waals surface area contributed by atoms with Gasteiger partial charge in [-0.2, -0.15) is 0 Å². The molecule has 1 N–H and O–H groups in total. The van der Waals surface area contributed by atoms with Gasteiger partial charge in [-0.3, -0.25) is 0 Å². The van der Waals surface area contributed by atoms with Gasteiger partial charge in [0.15, 0.2) is 0 Å². The van der Waals surface area contributed by atoms with E-state index in [1.54, 1.807) is 12.1 Å². The topological polar surface area (TPSA) is 29.5 Å². The van der Waals surface area contributed by atoms with Crippen molar-refractivity contribution >= 4 is 6.08 Å². The van der Waals surface area contributed by atoms with Crippen molar-refractivity contribution in [2.45, 2.75) is 46.5 Å². The Balaban J connectivity index is 1.98. The SMILES string of the molecule is CC1(C)CC(=Cc2ccc(OCCO)cc2)C(c2ccc(F)cc2)C(C)(C)C1. The highest BCUT2D eigenvalue weighted by molar-refractivity contribution is 5.57. The molecule has 0 aromatic heterocycles.